The highest BCUT2D eigenvalue weighted by atomic mass is 32.1. The Morgan fingerprint density at radius 3 is 1.46 bits per heavy atom. The van der Waals surface area contributed by atoms with E-state index in [1.807, 2.05) is 24.3 Å². The van der Waals surface area contributed by atoms with Gasteiger partial charge >= 0.3 is 0 Å². The first-order valence-electron chi connectivity index (χ1n) is 17.0. The summed E-state index contributed by atoms with van der Waals surface area (Å²) in [6.07, 6.45) is 10.3. The van der Waals surface area contributed by atoms with Gasteiger partial charge in [-0.15, -0.1) is 11.3 Å². The molecule has 228 valence electrons. The highest BCUT2D eigenvalue weighted by Gasteiger charge is 2.58. The third-order valence-corrected chi connectivity index (χ3v) is 14.2. The van der Waals surface area contributed by atoms with Crippen molar-refractivity contribution in [3.05, 3.63) is 69.4 Å². The molecule has 3 heterocycles. The Morgan fingerprint density at radius 2 is 0.957 bits per heavy atom. The van der Waals surface area contributed by atoms with Crippen LogP contribution >= 0.6 is 11.3 Å². The van der Waals surface area contributed by atoms with E-state index in [1.165, 1.54) is 11.3 Å². The van der Waals surface area contributed by atoms with Gasteiger partial charge in [0.2, 0.25) is 0 Å². The average Bonchev–Trinajstić information content (AvgIpc) is 3.85. The first kappa shape index (κ1) is 26.0. The minimum Gasteiger partial charge on any atom is -0.269 e. The van der Waals surface area contributed by atoms with Crippen molar-refractivity contribution in [1.29, 1.82) is 0 Å². The van der Waals surface area contributed by atoms with Crippen molar-refractivity contribution in [2.75, 3.05) is 0 Å². The van der Waals surface area contributed by atoms with Gasteiger partial charge in [0.15, 0.2) is 0 Å². The first-order valence-corrected chi connectivity index (χ1v) is 17.9. The van der Waals surface area contributed by atoms with Crippen molar-refractivity contribution >= 4 is 78.1 Å². The number of fused-ring (bicyclic) bond motifs is 12. The Bertz CT molecular complexity index is 2320. The lowest BCUT2D eigenvalue weighted by atomic mass is 9.78. The summed E-state index contributed by atoms with van der Waals surface area (Å²) in [5, 5.41) is 6.42. The molecule has 46 heavy (non-hydrogen) atoms. The molecule has 6 nitrogen and oxygen atoms in total. The number of carbonyl (C=O) groups is 4. The molecule has 4 fully saturated rings. The van der Waals surface area contributed by atoms with Crippen LogP contribution in [0.5, 0.6) is 0 Å². The van der Waals surface area contributed by atoms with Gasteiger partial charge in [-0.25, -0.2) is 0 Å². The van der Waals surface area contributed by atoms with Crippen molar-refractivity contribution in [2.24, 2.45) is 11.8 Å². The van der Waals surface area contributed by atoms with E-state index in [-0.39, 0.29) is 23.6 Å². The number of thiophene rings is 1. The number of benzene rings is 4. The number of rotatable bonds is 2. The topological polar surface area (TPSA) is 74.8 Å². The Labute approximate surface area is 269 Å². The second-order valence-electron chi connectivity index (χ2n) is 15.1. The molecule has 7 heteroatoms. The van der Waals surface area contributed by atoms with Crippen LogP contribution in [0.15, 0.2) is 48.5 Å². The molecule has 4 aromatic carbocycles. The summed E-state index contributed by atoms with van der Waals surface area (Å²) in [5.74, 6) is 0.0244. The second kappa shape index (κ2) is 8.43. The molecule has 2 aliphatic heterocycles. The van der Waals surface area contributed by atoms with E-state index < -0.39 is 11.1 Å². The van der Waals surface area contributed by atoms with Crippen molar-refractivity contribution in [3.63, 3.8) is 0 Å². The molecule has 1 aromatic heterocycles. The fourth-order valence-electron chi connectivity index (χ4n) is 11.2. The van der Waals surface area contributed by atoms with Gasteiger partial charge in [0.1, 0.15) is 9.75 Å². The van der Waals surface area contributed by atoms with Gasteiger partial charge in [-0.2, -0.15) is 0 Å². The van der Waals surface area contributed by atoms with Crippen LogP contribution in [-0.4, -0.2) is 44.5 Å². The summed E-state index contributed by atoms with van der Waals surface area (Å²) < 4.78 is 0. The molecule has 2 atom stereocenters. The molecule has 0 spiro atoms. The van der Waals surface area contributed by atoms with E-state index in [1.54, 1.807) is 9.80 Å². The molecular formula is C39H32N2O4S. The SMILES string of the molecule is O=C1c2sc3c4c(c5c6ccccc6c6ccccc6c5c(c24)C(=O)N1C12CCCC(CC1)C2)C(=O)N(C12CCC(CC1)C2)C3=O. The monoisotopic (exact) mass is 624 g/mol. The zero-order valence-corrected chi connectivity index (χ0v) is 26.3. The maximum Gasteiger partial charge on any atom is 0.272 e. The summed E-state index contributed by atoms with van der Waals surface area (Å²) in [6.45, 7) is 0. The lowest BCUT2D eigenvalue weighted by Crippen LogP contribution is -2.55. The van der Waals surface area contributed by atoms with Gasteiger partial charge < -0.3 is 0 Å². The Kier molecular flexibility index (Phi) is 4.77. The number of carbonyl (C=O) groups excluding carboxylic acids is 4. The maximum absolute atomic E-state index is 15.2. The lowest BCUT2D eigenvalue weighted by molar-refractivity contribution is 0.0318. The standard InChI is InChI=1S/C39H32N2O4S/c42-34-30-26-24-9-3-1-7-22(24)23-8-2-4-10-25(23)27(26)31-29-28(30)32(36(44)40(34)38-14-5-6-20(18-38)11-15-38)46-33(29)37(45)41(35(31)43)39-16-12-21(19-39)13-17-39/h1-4,7-10,20-21H,5-6,11-19H2. The summed E-state index contributed by atoms with van der Waals surface area (Å²) in [7, 11) is 0. The normalized spacial score (nSPS) is 29.9. The van der Waals surface area contributed by atoms with Gasteiger partial charge in [0.25, 0.3) is 23.6 Å². The molecule has 4 aliphatic carbocycles. The molecule has 2 unspecified atom stereocenters. The van der Waals surface area contributed by atoms with E-state index in [2.05, 4.69) is 24.3 Å². The van der Waals surface area contributed by atoms with Crippen LogP contribution in [0.25, 0.3) is 43.1 Å². The van der Waals surface area contributed by atoms with E-state index in [4.69, 9.17) is 0 Å². The summed E-state index contributed by atoms with van der Waals surface area (Å²) in [5.41, 5.74) is 0.0429. The number of hydrogen-bond donors (Lipinski definition) is 0. The van der Waals surface area contributed by atoms with E-state index in [9.17, 15) is 9.59 Å². The van der Waals surface area contributed by atoms with E-state index in [0.29, 0.717) is 43.5 Å². The molecule has 5 aromatic rings. The summed E-state index contributed by atoms with van der Waals surface area (Å²) in [4.78, 5) is 63.8. The molecule has 4 amide bonds. The van der Waals surface area contributed by atoms with Crippen LogP contribution < -0.4 is 0 Å². The van der Waals surface area contributed by atoms with Crippen molar-refractivity contribution in [1.82, 2.24) is 9.80 Å². The molecule has 4 bridgehead atoms. The van der Waals surface area contributed by atoms with Crippen LogP contribution in [0.3, 0.4) is 0 Å². The average molecular weight is 625 g/mol. The van der Waals surface area contributed by atoms with Gasteiger partial charge in [-0.05, 0) is 91.2 Å². The molecule has 0 radical (unpaired) electrons. The molecule has 0 N–H and O–H groups in total. The lowest BCUT2D eigenvalue weighted by Gasteiger charge is -2.44. The maximum atomic E-state index is 15.2. The minimum atomic E-state index is -0.489. The molecular weight excluding hydrogens is 593 g/mol. The van der Waals surface area contributed by atoms with Crippen LogP contribution in [0.1, 0.15) is 111 Å². The van der Waals surface area contributed by atoms with E-state index >= 15 is 9.59 Å². The van der Waals surface area contributed by atoms with Crippen molar-refractivity contribution < 1.29 is 19.2 Å². The molecule has 0 saturated heterocycles. The smallest absolute Gasteiger partial charge is 0.269 e. The fraction of sp³-hybridized carbons (Fsp3) is 0.385. The summed E-state index contributed by atoms with van der Waals surface area (Å²) in [6, 6.07) is 16.3. The minimum absolute atomic E-state index is 0.253. The van der Waals surface area contributed by atoms with Gasteiger partial charge in [0.05, 0.1) is 22.2 Å². The Balaban J connectivity index is 1.32. The zero-order chi connectivity index (χ0) is 30.7. The van der Waals surface area contributed by atoms with Crippen LogP contribution in [-0.2, 0) is 0 Å². The zero-order valence-electron chi connectivity index (χ0n) is 25.5. The van der Waals surface area contributed by atoms with Gasteiger partial charge in [-0.3, -0.25) is 29.0 Å². The van der Waals surface area contributed by atoms with Gasteiger partial charge in [0, 0.05) is 21.5 Å². The second-order valence-corrected chi connectivity index (χ2v) is 16.1. The van der Waals surface area contributed by atoms with Crippen LogP contribution in [0.4, 0.5) is 0 Å². The first-order chi connectivity index (χ1) is 22.4. The van der Waals surface area contributed by atoms with Crippen molar-refractivity contribution in [2.45, 2.75) is 81.7 Å². The van der Waals surface area contributed by atoms with E-state index in [0.717, 1.165) is 103 Å². The molecule has 4 saturated carbocycles. The van der Waals surface area contributed by atoms with Crippen LogP contribution in [0, 0.1) is 11.8 Å². The third-order valence-electron chi connectivity index (χ3n) is 13.1. The largest absolute Gasteiger partial charge is 0.272 e. The molecule has 6 aliphatic rings. The predicted octanol–water partition coefficient (Wildman–Crippen LogP) is 8.61. The quantitative estimate of drug-likeness (QED) is 0.146. The fourth-order valence-corrected chi connectivity index (χ4v) is 12.4. The Morgan fingerprint density at radius 1 is 0.522 bits per heavy atom. The number of hydrogen-bond acceptors (Lipinski definition) is 5. The predicted molar refractivity (Wildman–Crippen MR) is 179 cm³/mol. The van der Waals surface area contributed by atoms with Crippen molar-refractivity contribution in [3.8, 4) is 0 Å². The van der Waals surface area contributed by atoms with Crippen LogP contribution in [0.2, 0.25) is 0 Å². The Hall–Kier alpha value is -4.10. The summed E-state index contributed by atoms with van der Waals surface area (Å²) >= 11 is 1.23. The molecule has 11 rings (SSSR count). The highest BCUT2D eigenvalue weighted by Crippen LogP contribution is 2.58. The number of nitrogens with zero attached hydrogens (tertiary/aromatic N) is 2. The number of amides is 4. The number of imide groups is 2. The highest BCUT2D eigenvalue weighted by molar-refractivity contribution is 7.18. The third kappa shape index (κ3) is 2.88. The van der Waals surface area contributed by atoms with Gasteiger partial charge in [-0.1, -0.05) is 61.4 Å².